The fraction of sp³-hybridized carbons (Fsp3) is 0.286. The standard InChI is InChI=1S/C14H16ClN3O2/c1-10(2)9-19-7-6-16-14-17-13(18-20-14)11-4-3-5-12(15)8-11/h3-5,8H,1,6-7,9H2,2H3,(H,16,17,18). The van der Waals surface area contributed by atoms with Crippen LogP contribution in [0.5, 0.6) is 0 Å². The number of benzene rings is 1. The van der Waals surface area contributed by atoms with Crippen molar-refractivity contribution in [1.82, 2.24) is 10.1 Å². The first-order chi connectivity index (χ1) is 9.65. The predicted octanol–water partition coefficient (Wildman–Crippen LogP) is 3.39. The highest BCUT2D eigenvalue weighted by Crippen LogP contribution is 2.20. The van der Waals surface area contributed by atoms with E-state index in [-0.39, 0.29) is 0 Å². The zero-order valence-electron chi connectivity index (χ0n) is 11.2. The van der Waals surface area contributed by atoms with Gasteiger partial charge >= 0.3 is 6.01 Å². The van der Waals surface area contributed by atoms with Crippen LogP contribution in [0.1, 0.15) is 6.92 Å². The van der Waals surface area contributed by atoms with Crippen LogP contribution in [0.15, 0.2) is 40.9 Å². The number of anilines is 1. The summed E-state index contributed by atoms with van der Waals surface area (Å²) in [6, 6.07) is 7.65. The van der Waals surface area contributed by atoms with E-state index >= 15 is 0 Å². The van der Waals surface area contributed by atoms with E-state index < -0.39 is 0 Å². The minimum absolute atomic E-state index is 0.360. The highest BCUT2D eigenvalue weighted by atomic mass is 35.5. The fourth-order valence-electron chi connectivity index (χ4n) is 1.52. The molecule has 1 aromatic carbocycles. The van der Waals surface area contributed by atoms with Crippen molar-refractivity contribution in [3.05, 3.63) is 41.4 Å². The van der Waals surface area contributed by atoms with Crippen molar-refractivity contribution in [3.63, 3.8) is 0 Å². The lowest BCUT2D eigenvalue weighted by atomic mass is 10.2. The van der Waals surface area contributed by atoms with Crippen LogP contribution in [0.3, 0.4) is 0 Å². The summed E-state index contributed by atoms with van der Waals surface area (Å²) in [6.45, 7) is 7.36. The van der Waals surface area contributed by atoms with E-state index in [1.54, 1.807) is 12.1 Å². The van der Waals surface area contributed by atoms with Crippen LogP contribution in [0.25, 0.3) is 11.4 Å². The van der Waals surface area contributed by atoms with E-state index in [0.717, 1.165) is 11.1 Å². The third-order valence-electron chi connectivity index (χ3n) is 2.38. The summed E-state index contributed by atoms with van der Waals surface area (Å²) < 4.78 is 10.5. The van der Waals surface area contributed by atoms with Crippen LogP contribution in [0.2, 0.25) is 5.02 Å². The molecule has 0 saturated heterocycles. The van der Waals surface area contributed by atoms with Gasteiger partial charge in [0.25, 0.3) is 0 Å². The number of halogens is 1. The molecule has 0 aliphatic carbocycles. The Balaban J connectivity index is 1.85. The average Bonchev–Trinajstić information content (AvgIpc) is 2.87. The molecule has 1 heterocycles. The Bertz CT molecular complexity index is 583. The number of aromatic nitrogens is 2. The number of nitrogens with one attached hydrogen (secondary N) is 1. The van der Waals surface area contributed by atoms with Crippen molar-refractivity contribution in [2.45, 2.75) is 6.92 Å². The molecule has 0 saturated carbocycles. The second-order valence-corrected chi connectivity index (χ2v) is 4.81. The molecule has 0 spiro atoms. The Kier molecular flexibility index (Phi) is 5.15. The lowest BCUT2D eigenvalue weighted by molar-refractivity contribution is 0.166. The van der Waals surface area contributed by atoms with E-state index in [0.29, 0.717) is 36.6 Å². The fourth-order valence-corrected chi connectivity index (χ4v) is 1.71. The van der Waals surface area contributed by atoms with Gasteiger partial charge in [-0.05, 0) is 19.1 Å². The Morgan fingerprint density at radius 2 is 2.35 bits per heavy atom. The van der Waals surface area contributed by atoms with E-state index in [1.165, 1.54) is 0 Å². The Morgan fingerprint density at radius 3 is 3.10 bits per heavy atom. The number of nitrogens with zero attached hydrogens (tertiary/aromatic N) is 2. The molecule has 1 aromatic heterocycles. The zero-order valence-corrected chi connectivity index (χ0v) is 12.0. The molecule has 0 fully saturated rings. The van der Waals surface area contributed by atoms with Crippen LogP contribution in [-0.2, 0) is 4.74 Å². The molecule has 0 amide bonds. The summed E-state index contributed by atoms with van der Waals surface area (Å²) in [5.74, 6) is 0.498. The monoisotopic (exact) mass is 293 g/mol. The van der Waals surface area contributed by atoms with Crippen LogP contribution < -0.4 is 5.32 Å². The third kappa shape index (κ3) is 4.36. The molecule has 2 aromatic rings. The van der Waals surface area contributed by atoms with Crippen molar-refractivity contribution in [2.75, 3.05) is 25.1 Å². The lowest BCUT2D eigenvalue weighted by Crippen LogP contribution is -2.10. The zero-order chi connectivity index (χ0) is 14.4. The highest BCUT2D eigenvalue weighted by Gasteiger charge is 2.08. The SMILES string of the molecule is C=C(C)COCCNc1nc(-c2cccc(Cl)c2)no1. The number of hydrogen-bond donors (Lipinski definition) is 1. The first kappa shape index (κ1) is 14.6. The van der Waals surface area contributed by atoms with Crippen LogP contribution in [0, 0.1) is 0 Å². The van der Waals surface area contributed by atoms with Crippen molar-refractivity contribution in [2.24, 2.45) is 0 Å². The van der Waals surface area contributed by atoms with E-state index in [4.69, 9.17) is 20.9 Å². The molecular formula is C14H16ClN3O2. The molecule has 5 nitrogen and oxygen atoms in total. The molecule has 0 aliphatic rings. The van der Waals surface area contributed by atoms with Gasteiger partial charge in [-0.15, -0.1) is 0 Å². The third-order valence-corrected chi connectivity index (χ3v) is 2.62. The van der Waals surface area contributed by atoms with Gasteiger partial charge in [-0.1, -0.05) is 41.0 Å². The second kappa shape index (κ2) is 7.07. The highest BCUT2D eigenvalue weighted by molar-refractivity contribution is 6.30. The van der Waals surface area contributed by atoms with Gasteiger partial charge < -0.3 is 14.6 Å². The van der Waals surface area contributed by atoms with Gasteiger partial charge in [0.15, 0.2) is 0 Å². The first-order valence-electron chi connectivity index (χ1n) is 6.21. The number of ether oxygens (including phenoxy) is 1. The van der Waals surface area contributed by atoms with Gasteiger partial charge in [-0.25, -0.2) is 0 Å². The summed E-state index contributed by atoms with van der Waals surface area (Å²) in [5, 5.41) is 7.52. The van der Waals surface area contributed by atoms with E-state index in [9.17, 15) is 0 Å². The maximum absolute atomic E-state index is 5.92. The Labute approximate surface area is 122 Å². The molecule has 0 bridgehead atoms. The smallest absolute Gasteiger partial charge is 0.321 e. The molecule has 2 rings (SSSR count). The molecule has 106 valence electrons. The van der Waals surface area contributed by atoms with Crippen molar-refractivity contribution < 1.29 is 9.26 Å². The van der Waals surface area contributed by atoms with Crippen molar-refractivity contribution in [1.29, 1.82) is 0 Å². The minimum atomic E-state index is 0.360. The van der Waals surface area contributed by atoms with Gasteiger partial charge in [0.05, 0.1) is 13.2 Å². The largest absolute Gasteiger partial charge is 0.375 e. The molecule has 0 radical (unpaired) electrons. The van der Waals surface area contributed by atoms with Gasteiger partial charge in [-0.3, -0.25) is 0 Å². The molecule has 0 atom stereocenters. The molecule has 20 heavy (non-hydrogen) atoms. The van der Waals surface area contributed by atoms with Crippen molar-refractivity contribution in [3.8, 4) is 11.4 Å². The summed E-state index contributed by atoms with van der Waals surface area (Å²) in [5.41, 5.74) is 1.80. The van der Waals surface area contributed by atoms with E-state index in [1.807, 2.05) is 19.1 Å². The van der Waals surface area contributed by atoms with Crippen LogP contribution in [-0.4, -0.2) is 29.9 Å². The molecule has 0 aliphatic heterocycles. The van der Waals surface area contributed by atoms with Gasteiger partial charge in [-0.2, -0.15) is 4.98 Å². The summed E-state index contributed by atoms with van der Waals surface area (Å²) in [7, 11) is 0. The normalized spacial score (nSPS) is 10.5. The first-order valence-corrected chi connectivity index (χ1v) is 6.58. The molecular weight excluding hydrogens is 278 g/mol. The topological polar surface area (TPSA) is 60.2 Å². The maximum atomic E-state index is 5.92. The summed E-state index contributed by atoms with van der Waals surface area (Å²) in [4.78, 5) is 4.23. The predicted molar refractivity (Wildman–Crippen MR) is 78.9 cm³/mol. The van der Waals surface area contributed by atoms with E-state index in [2.05, 4.69) is 22.0 Å². The number of hydrogen-bond acceptors (Lipinski definition) is 5. The Morgan fingerprint density at radius 1 is 1.50 bits per heavy atom. The summed E-state index contributed by atoms with van der Waals surface area (Å²) >= 11 is 5.92. The molecule has 1 N–H and O–H groups in total. The second-order valence-electron chi connectivity index (χ2n) is 4.37. The Hall–Kier alpha value is -1.85. The molecule has 0 unspecified atom stereocenters. The summed E-state index contributed by atoms with van der Waals surface area (Å²) in [6.07, 6.45) is 0. The lowest BCUT2D eigenvalue weighted by Gasteiger charge is -2.03. The maximum Gasteiger partial charge on any atom is 0.321 e. The van der Waals surface area contributed by atoms with Crippen LogP contribution in [0.4, 0.5) is 6.01 Å². The van der Waals surface area contributed by atoms with Gasteiger partial charge in [0.1, 0.15) is 0 Å². The number of rotatable bonds is 7. The van der Waals surface area contributed by atoms with Gasteiger partial charge in [0.2, 0.25) is 5.82 Å². The van der Waals surface area contributed by atoms with Gasteiger partial charge in [0, 0.05) is 17.1 Å². The van der Waals surface area contributed by atoms with Crippen LogP contribution >= 0.6 is 11.6 Å². The molecule has 6 heteroatoms. The average molecular weight is 294 g/mol. The minimum Gasteiger partial charge on any atom is -0.375 e. The van der Waals surface area contributed by atoms with Crippen molar-refractivity contribution >= 4 is 17.6 Å². The quantitative estimate of drug-likeness (QED) is 0.626.